The van der Waals surface area contributed by atoms with E-state index < -0.39 is 2.14 Å². The van der Waals surface area contributed by atoms with Crippen molar-refractivity contribution in [1.29, 1.82) is 0 Å². The summed E-state index contributed by atoms with van der Waals surface area (Å²) in [5, 5.41) is 0. The number of alkyl halides is 3. The van der Waals surface area contributed by atoms with Gasteiger partial charge in [-0.3, -0.25) is 0 Å². The highest BCUT2D eigenvalue weighted by molar-refractivity contribution is 9.38. The predicted molar refractivity (Wildman–Crippen MR) is 47.0 cm³/mol. The van der Waals surface area contributed by atoms with Crippen molar-refractivity contribution < 1.29 is 0 Å². The monoisotopic (exact) mass is 316 g/mol. The second-order valence-corrected chi connectivity index (χ2v) is 8.20. The van der Waals surface area contributed by atoms with Gasteiger partial charge in [0.05, 0.1) is 0 Å². The van der Waals surface area contributed by atoms with Crippen molar-refractivity contribution in [3.05, 3.63) is 18.2 Å². The fraction of sp³-hybridized carbons (Fsp3) is 0.250. The molecule has 5 heteroatoms. The minimum atomic E-state index is -0.406. The molecule has 0 aromatic carbocycles. The molecule has 0 aliphatic rings. The molecule has 0 unspecified atom stereocenters. The van der Waals surface area contributed by atoms with E-state index in [0.29, 0.717) is 0 Å². The largest absolute Gasteiger partial charge is 0.346 e. The van der Waals surface area contributed by atoms with Crippen molar-refractivity contribution in [3.63, 3.8) is 0 Å². The molecular formula is C4H3Br3N2. The van der Waals surface area contributed by atoms with E-state index in [1.807, 2.05) is 0 Å². The number of rotatable bonds is 0. The average Bonchev–Trinajstić information content (AvgIpc) is 2.08. The van der Waals surface area contributed by atoms with Gasteiger partial charge in [-0.1, -0.05) is 47.8 Å². The van der Waals surface area contributed by atoms with E-state index in [4.69, 9.17) is 0 Å². The number of halogens is 3. The number of nitrogens with zero attached hydrogens (tertiary/aromatic N) is 1. The molecule has 0 saturated carbocycles. The van der Waals surface area contributed by atoms with Crippen LogP contribution < -0.4 is 0 Å². The minimum Gasteiger partial charge on any atom is -0.346 e. The molecule has 1 aromatic rings. The highest BCUT2D eigenvalue weighted by atomic mass is 80.0. The van der Waals surface area contributed by atoms with Crippen LogP contribution in [0.2, 0.25) is 0 Å². The van der Waals surface area contributed by atoms with E-state index in [1.54, 1.807) is 12.4 Å². The molecule has 0 amide bonds. The lowest BCUT2D eigenvalue weighted by molar-refractivity contribution is 1.10. The zero-order valence-electron chi connectivity index (χ0n) is 4.24. The Balaban J connectivity index is 2.90. The van der Waals surface area contributed by atoms with Crippen LogP contribution in [-0.4, -0.2) is 9.97 Å². The van der Waals surface area contributed by atoms with Gasteiger partial charge in [-0.05, 0) is 0 Å². The summed E-state index contributed by atoms with van der Waals surface area (Å²) < 4.78 is -0.406. The van der Waals surface area contributed by atoms with Gasteiger partial charge in [0.1, 0.15) is 5.82 Å². The third-order valence-electron chi connectivity index (χ3n) is 0.767. The molecular weight excluding hydrogens is 316 g/mol. The smallest absolute Gasteiger partial charge is 0.192 e. The van der Waals surface area contributed by atoms with Crippen molar-refractivity contribution in [1.82, 2.24) is 9.97 Å². The zero-order chi connectivity index (χ0) is 6.91. The summed E-state index contributed by atoms with van der Waals surface area (Å²) in [4.78, 5) is 6.92. The maximum absolute atomic E-state index is 3.99. The lowest BCUT2D eigenvalue weighted by Crippen LogP contribution is -1.99. The topological polar surface area (TPSA) is 28.7 Å². The van der Waals surface area contributed by atoms with Gasteiger partial charge in [-0.25, -0.2) is 4.98 Å². The number of H-pyrrole nitrogens is 1. The molecule has 0 aliphatic heterocycles. The van der Waals surface area contributed by atoms with Gasteiger partial charge in [-0.15, -0.1) is 0 Å². The normalized spacial score (nSPS) is 11.9. The number of hydrogen-bond acceptors (Lipinski definition) is 1. The van der Waals surface area contributed by atoms with Gasteiger partial charge in [0, 0.05) is 12.4 Å². The van der Waals surface area contributed by atoms with Gasteiger partial charge >= 0.3 is 0 Å². The third-order valence-corrected chi connectivity index (χ3v) is 1.89. The first-order chi connectivity index (χ1) is 4.11. The summed E-state index contributed by atoms with van der Waals surface area (Å²) in [6.07, 6.45) is 3.45. The van der Waals surface area contributed by atoms with Crippen LogP contribution in [0, 0.1) is 0 Å². The molecule has 1 rings (SSSR count). The summed E-state index contributed by atoms with van der Waals surface area (Å²) in [6, 6.07) is 0. The van der Waals surface area contributed by atoms with E-state index in [0.717, 1.165) is 5.82 Å². The highest BCUT2D eigenvalue weighted by Crippen LogP contribution is 2.41. The molecule has 50 valence electrons. The molecule has 9 heavy (non-hydrogen) atoms. The molecule has 0 radical (unpaired) electrons. The van der Waals surface area contributed by atoms with Crippen LogP contribution in [0.3, 0.4) is 0 Å². The fourth-order valence-corrected chi connectivity index (χ4v) is 1.07. The Bertz CT molecular complexity index is 176. The highest BCUT2D eigenvalue weighted by Gasteiger charge is 2.22. The molecule has 0 spiro atoms. The SMILES string of the molecule is BrC(Br)(Br)c1ncc[nH]1. The Morgan fingerprint density at radius 1 is 1.44 bits per heavy atom. The van der Waals surface area contributed by atoms with Gasteiger partial charge in [0.15, 0.2) is 2.14 Å². The average molecular weight is 319 g/mol. The second-order valence-electron chi connectivity index (χ2n) is 1.44. The maximum atomic E-state index is 3.99. The van der Waals surface area contributed by atoms with E-state index in [2.05, 4.69) is 57.8 Å². The van der Waals surface area contributed by atoms with Crippen molar-refractivity contribution in [3.8, 4) is 0 Å². The molecule has 1 aromatic heterocycles. The molecule has 2 nitrogen and oxygen atoms in total. The number of aromatic amines is 1. The Morgan fingerprint density at radius 2 is 2.11 bits per heavy atom. The molecule has 0 aliphatic carbocycles. The maximum Gasteiger partial charge on any atom is 0.192 e. The summed E-state index contributed by atoms with van der Waals surface area (Å²) in [5.41, 5.74) is 0. The molecule has 0 saturated heterocycles. The van der Waals surface area contributed by atoms with Crippen LogP contribution in [-0.2, 0) is 2.14 Å². The first-order valence-electron chi connectivity index (χ1n) is 2.17. The molecule has 1 N–H and O–H groups in total. The van der Waals surface area contributed by atoms with Crippen molar-refractivity contribution in [2.45, 2.75) is 2.14 Å². The number of hydrogen-bond donors (Lipinski definition) is 1. The third kappa shape index (κ3) is 2.05. The Kier molecular flexibility index (Phi) is 2.34. The molecule has 0 bridgehead atoms. The minimum absolute atomic E-state index is 0.406. The van der Waals surface area contributed by atoms with Crippen LogP contribution in [0.1, 0.15) is 5.82 Å². The zero-order valence-corrected chi connectivity index (χ0v) is 8.99. The van der Waals surface area contributed by atoms with E-state index in [-0.39, 0.29) is 0 Å². The van der Waals surface area contributed by atoms with Crippen LogP contribution in [0.5, 0.6) is 0 Å². The summed E-state index contributed by atoms with van der Waals surface area (Å²) in [5.74, 6) is 0.794. The molecule has 1 heterocycles. The van der Waals surface area contributed by atoms with Crippen molar-refractivity contribution in [2.24, 2.45) is 0 Å². The number of aromatic nitrogens is 2. The van der Waals surface area contributed by atoms with Crippen LogP contribution in [0.15, 0.2) is 12.4 Å². The van der Waals surface area contributed by atoms with E-state index in [9.17, 15) is 0 Å². The Morgan fingerprint density at radius 3 is 2.33 bits per heavy atom. The summed E-state index contributed by atoms with van der Waals surface area (Å²) in [7, 11) is 0. The molecule has 0 fully saturated rings. The van der Waals surface area contributed by atoms with E-state index in [1.165, 1.54) is 0 Å². The first-order valence-corrected chi connectivity index (χ1v) is 4.55. The second kappa shape index (κ2) is 2.72. The van der Waals surface area contributed by atoms with Crippen LogP contribution >= 0.6 is 47.8 Å². The van der Waals surface area contributed by atoms with Gasteiger partial charge in [0.25, 0.3) is 0 Å². The van der Waals surface area contributed by atoms with Crippen LogP contribution in [0.4, 0.5) is 0 Å². The van der Waals surface area contributed by atoms with Crippen LogP contribution in [0.25, 0.3) is 0 Å². The quantitative estimate of drug-likeness (QED) is 0.732. The molecule has 0 atom stereocenters. The summed E-state index contributed by atoms with van der Waals surface area (Å²) in [6.45, 7) is 0. The lowest BCUT2D eigenvalue weighted by atomic mass is 10.7. The number of nitrogens with one attached hydrogen (secondary N) is 1. The van der Waals surface area contributed by atoms with E-state index >= 15 is 0 Å². The lowest BCUT2D eigenvalue weighted by Gasteiger charge is -2.05. The Labute approximate surface area is 77.8 Å². The summed E-state index contributed by atoms with van der Waals surface area (Å²) >= 11 is 9.92. The predicted octanol–water partition coefficient (Wildman–Crippen LogP) is 2.70. The first kappa shape index (κ1) is 7.75. The standard InChI is InChI=1S/C4H3Br3N2/c5-4(6,7)3-8-1-2-9-3/h1-2H,(H,8,9). The van der Waals surface area contributed by atoms with Gasteiger partial charge < -0.3 is 4.98 Å². The van der Waals surface area contributed by atoms with Gasteiger partial charge in [-0.2, -0.15) is 0 Å². The Hall–Kier alpha value is 0.650. The van der Waals surface area contributed by atoms with Gasteiger partial charge in [0.2, 0.25) is 0 Å². The number of imidazole rings is 1. The van der Waals surface area contributed by atoms with Crippen molar-refractivity contribution >= 4 is 47.8 Å². The van der Waals surface area contributed by atoms with Crippen molar-refractivity contribution in [2.75, 3.05) is 0 Å². The fourth-order valence-electron chi connectivity index (χ4n) is 0.420.